The quantitative estimate of drug-likeness (QED) is 0.778. The summed E-state index contributed by atoms with van der Waals surface area (Å²) in [5.41, 5.74) is -0.733. The normalized spacial score (nSPS) is 13.8. The highest BCUT2D eigenvalue weighted by atomic mass is 32.1. The van der Waals surface area contributed by atoms with Crippen molar-refractivity contribution < 1.29 is 23.4 Å². The number of Topliss-reactive ketones (excluding diaryl/α,β-unsaturated/α-hetero) is 1. The van der Waals surface area contributed by atoms with Crippen molar-refractivity contribution in [2.24, 2.45) is 0 Å². The van der Waals surface area contributed by atoms with Crippen LogP contribution in [0.15, 0.2) is 29.6 Å². The van der Waals surface area contributed by atoms with Crippen LogP contribution in [0, 0.1) is 18.6 Å². The molecule has 0 amide bonds. The van der Waals surface area contributed by atoms with Gasteiger partial charge in [-0.15, -0.1) is 11.3 Å². The second kappa shape index (κ2) is 7.29. The van der Waals surface area contributed by atoms with Crippen LogP contribution < -0.4 is 0 Å². The van der Waals surface area contributed by atoms with Gasteiger partial charge in [-0.25, -0.2) is 8.78 Å². The number of ether oxygens (including phenoxy) is 1. The van der Waals surface area contributed by atoms with Gasteiger partial charge in [0.15, 0.2) is 5.78 Å². The number of carbonyl (C=O) groups is 1. The van der Waals surface area contributed by atoms with Crippen LogP contribution in [0.25, 0.3) is 0 Å². The smallest absolute Gasteiger partial charge is 0.175 e. The number of carbonyl (C=O) groups excluding carboxylic acids is 1. The van der Waals surface area contributed by atoms with E-state index in [-0.39, 0.29) is 31.0 Å². The van der Waals surface area contributed by atoms with Crippen LogP contribution in [0.3, 0.4) is 0 Å². The Labute approximate surface area is 137 Å². The van der Waals surface area contributed by atoms with Crippen molar-refractivity contribution in [1.29, 1.82) is 0 Å². The van der Waals surface area contributed by atoms with Crippen LogP contribution in [0.5, 0.6) is 0 Å². The molecule has 124 valence electrons. The number of ketones is 1. The number of aryl methyl sites for hydroxylation is 1. The van der Waals surface area contributed by atoms with Crippen LogP contribution >= 0.6 is 11.3 Å². The number of rotatable bonds is 7. The minimum absolute atomic E-state index is 0.117. The molecule has 1 aromatic heterocycles. The van der Waals surface area contributed by atoms with Crippen molar-refractivity contribution in [3.05, 3.63) is 57.3 Å². The SMILES string of the molecule is Cc1ccsc1C(=O)CC(C)(O)COCc1c(F)cccc1F. The molecule has 1 atom stereocenters. The third kappa shape index (κ3) is 4.67. The van der Waals surface area contributed by atoms with Gasteiger partial charge in [0.1, 0.15) is 11.6 Å². The fraction of sp³-hybridized carbons (Fsp3) is 0.353. The van der Waals surface area contributed by atoms with Crippen molar-refractivity contribution in [2.45, 2.75) is 32.5 Å². The Morgan fingerprint density at radius 3 is 2.52 bits per heavy atom. The standard InChI is InChI=1S/C17H18F2O3S/c1-11-6-7-23-16(11)15(20)8-17(2,21)10-22-9-12-13(18)4-3-5-14(12)19/h3-7,21H,8-10H2,1-2H3. The molecule has 3 nitrogen and oxygen atoms in total. The van der Waals surface area contributed by atoms with Crippen molar-refractivity contribution in [3.63, 3.8) is 0 Å². The largest absolute Gasteiger partial charge is 0.387 e. The first-order chi connectivity index (χ1) is 10.8. The molecule has 0 saturated carbocycles. The summed E-state index contributed by atoms with van der Waals surface area (Å²) in [6, 6.07) is 5.39. The highest BCUT2D eigenvalue weighted by molar-refractivity contribution is 7.12. The van der Waals surface area contributed by atoms with Crippen LogP contribution in [-0.2, 0) is 11.3 Å². The van der Waals surface area contributed by atoms with E-state index in [0.29, 0.717) is 4.88 Å². The van der Waals surface area contributed by atoms with E-state index in [1.54, 1.807) is 0 Å². The fourth-order valence-electron chi connectivity index (χ4n) is 2.18. The van der Waals surface area contributed by atoms with E-state index in [1.165, 1.54) is 24.3 Å². The van der Waals surface area contributed by atoms with Crippen molar-refractivity contribution in [2.75, 3.05) is 6.61 Å². The van der Waals surface area contributed by atoms with Gasteiger partial charge in [0.05, 0.1) is 23.7 Å². The van der Waals surface area contributed by atoms with E-state index in [2.05, 4.69) is 0 Å². The first-order valence-corrected chi connectivity index (χ1v) is 7.98. The molecule has 0 aliphatic heterocycles. The van der Waals surface area contributed by atoms with E-state index in [0.717, 1.165) is 17.7 Å². The summed E-state index contributed by atoms with van der Waals surface area (Å²) in [5.74, 6) is -1.58. The topological polar surface area (TPSA) is 46.5 Å². The Morgan fingerprint density at radius 1 is 1.30 bits per heavy atom. The van der Waals surface area contributed by atoms with Gasteiger partial charge in [-0.1, -0.05) is 6.07 Å². The molecule has 0 saturated heterocycles. The maximum absolute atomic E-state index is 13.5. The zero-order valence-electron chi connectivity index (χ0n) is 12.9. The minimum atomic E-state index is -1.41. The number of benzene rings is 1. The summed E-state index contributed by atoms with van der Waals surface area (Å²) >= 11 is 1.32. The summed E-state index contributed by atoms with van der Waals surface area (Å²) in [7, 11) is 0. The molecule has 0 spiro atoms. The van der Waals surface area contributed by atoms with Crippen molar-refractivity contribution >= 4 is 17.1 Å². The first kappa shape index (κ1) is 17.7. The lowest BCUT2D eigenvalue weighted by atomic mass is 9.99. The van der Waals surface area contributed by atoms with Gasteiger partial charge in [0.25, 0.3) is 0 Å². The fourth-order valence-corrected chi connectivity index (χ4v) is 3.04. The second-order valence-corrected chi connectivity index (χ2v) is 6.64. The molecule has 1 unspecified atom stereocenters. The molecule has 1 N–H and O–H groups in total. The van der Waals surface area contributed by atoms with E-state index in [9.17, 15) is 18.7 Å². The van der Waals surface area contributed by atoms with E-state index in [4.69, 9.17) is 4.74 Å². The molecule has 0 bridgehead atoms. The summed E-state index contributed by atoms with van der Waals surface area (Å²) in [4.78, 5) is 12.8. The van der Waals surface area contributed by atoms with Crippen molar-refractivity contribution in [3.8, 4) is 0 Å². The highest BCUT2D eigenvalue weighted by Crippen LogP contribution is 2.22. The van der Waals surface area contributed by atoms with E-state index >= 15 is 0 Å². The summed E-state index contributed by atoms with van der Waals surface area (Å²) < 4.78 is 32.2. The molecule has 1 aromatic carbocycles. The third-order valence-corrected chi connectivity index (χ3v) is 4.44. The molecule has 0 aliphatic carbocycles. The minimum Gasteiger partial charge on any atom is -0.387 e. The predicted molar refractivity (Wildman–Crippen MR) is 84.6 cm³/mol. The predicted octanol–water partition coefficient (Wildman–Crippen LogP) is 3.88. The zero-order valence-corrected chi connectivity index (χ0v) is 13.8. The van der Waals surface area contributed by atoms with Crippen molar-refractivity contribution in [1.82, 2.24) is 0 Å². The molecule has 23 heavy (non-hydrogen) atoms. The lowest BCUT2D eigenvalue weighted by Gasteiger charge is -2.22. The Morgan fingerprint density at radius 2 is 1.96 bits per heavy atom. The van der Waals surface area contributed by atoms with E-state index < -0.39 is 17.2 Å². The average Bonchev–Trinajstić information content (AvgIpc) is 2.88. The van der Waals surface area contributed by atoms with Gasteiger partial charge in [-0.2, -0.15) is 0 Å². The lowest BCUT2D eigenvalue weighted by molar-refractivity contribution is -0.0405. The lowest BCUT2D eigenvalue weighted by Crippen LogP contribution is -2.33. The van der Waals surface area contributed by atoms with Gasteiger partial charge >= 0.3 is 0 Å². The number of hydrogen-bond acceptors (Lipinski definition) is 4. The maximum atomic E-state index is 13.5. The molecule has 2 aromatic rings. The van der Waals surface area contributed by atoms with Crippen LogP contribution in [0.2, 0.25) is 0 Å². The van der Waals surface area contributed by atoms with Crippen LogP contribution in [-0.4, -0.2) is 23.1 Å². The molecule has 6 heteroatoms. The number of aliphatic hydroxyl groups is 1. The molecule has 0 radical (unpaired) electrons. The number of hydrogen-bond donors (Lipinski definition) is 1. The molecular formula is C17H18F2O3S. The maximum Gasteiger partial charge on any atom is 0.175 e. The molecule has 0 fully saturated rings. The molecule has 0 aliphatic rings. The van der Waals surface area contributed by atoms with Crippen LogP contribution in [0.4, 0.5) is 8.78 Å². The Hall–Kier alpha value is -1.63. The highest BCUT2D eigenvalue weighted by Gasteiger charge is 2.27. The Kier molecular flexibility index (Phi) is 5.62. The third-order valence-electron chi connectivity index (χ3n) is 3.38. The Bertz CT molecular complexity index is 675. The van der Waals surface area contributed by atoms with Gasteiger partial charge in [0.2, 0.25) is 0 Å². The molecule has 2 rings (SSSR count). The molecular weight excluding hydrogens is 322 g/mol. The van der Waals surface area contributed by atoms with Gasteiger partial charge in [-0.05, 0) is 43.0 Å². The molecule has 1 heterocycles. The number of thiophene rings is 1. The first-order valence-electron chi connectivity index (χ1n) is 7.10. The average molecular weight is 340 g/mol. The summed E-state index contributed by atoms with van der Waals surface area (Å²) in [6.07, 6.45) is -0.117. The van der Waals surface area contributed by atoms with Crippen LogP contribution in [0.1, 0.15) is 34.1 Å². The van der Waals surface area contributed by atoms with Gasteiger partial charge in [-0.3, -0.25) is 4.79 Å². The Balaban J connectivity index is 1.91. The van der Waals surface area contributed by atoms with E-state index in [1.807, 2.05) is 18.4 Å². The summed E-state index contributed by atoms with van der Waals surface area (Å²) in [5, 5.41) is 12.1. The number of halogens is 2. The monoisotopic (exact) mass is 340 g/mol. The zero-order chi connectivity index (χ0) is 17.0. The van der Waals surface area contributed by atoms with Gasteiger partial charge in [0, 0.05) is 12.0 Å². The summed E-state index contributed by atoms with van der Waals surface area (Å²) in [6.45, 7) is 2.79. The second-order valence-electron chi connectivity index (χ2n) is 5.72. The van der Waals surface area contributed by atoms with Gasteiger partial charge < -0.3 is 9.84 Å².